The monoisotopic (exact) mass is 844 g/mol. The molecule has 7 rings (SSSR count). The summed E-state index contributed by atoms with van der Waals surface area (Å²) < 4.78 is 11.3. The van der Waals surface area contributed by atoms with Gasteiger partial charge in [0.1, 0.15) is 5.60 Å². The van der Waals surface area contributed by atoms with Gasteiger partial charge in [0, 0.05) is 64.5 Å². The van der Waals surface area contributed by atoms with Crippen molar-refractivity contribution in [2.75, 3.05) is 0 Å². The van der Waals surface area contributed by atoms with Crippen LogP contribution in [0.4, 0.5) is 0 Å². The average molecular weight is 845 g/mol. The number of cyclic esters (lactones) is 1. The SMILES string of the molecule is C=CC1=C(C)c2nc1cc1[nH]c(cc3[nH]c(cc4nc(c2CC[C@H]2[C@H](C)CCC5[C@@H](C)C(=O)O[C@H](OC(C)=O)[C@]52O)C(C=C)=C4C)c(C)c3CCC(=O)O)c(CCC(=O)O)c1C. The molecule has 0 amide bonds. The van der Waals surface area contributed by atoms with E-state index >= 15 is 0 Å². The Bertz CT molecular complexity index is 2660. The van der Waals surface area contributed by atoms with E-state index in [1.54, 1.807) is 19.1 Å². The Balaban J connectivity index is 1.53. The third-order valence-corrected chi connectivity index (χ3v) is 13.8. The number of aryl methyl sites for hydroxylation is 4. The Morgan fingerprint density at radius 2 is 1.37 bits per heavy atom. The molecule has 13 nitrogen and oxygen atoms in total. The van der Waals surface area contributed by atoms with E-state index in [1.807, 2.05) is 45.9 Å². The summed E-state index contributed by atoms with van der Waals surface area (Å²) in [6.45, 7) is 21.3. The zero-order valence-corrected chi connectivity index (χ0v) is 36.5. The molecule has 3 aliphatic heterocycles. The van der Waals surface area contributed by atoms with Crippen LogP contribution in [0.25, 0.3) is 44.4 Å². The predicted molar refractivity (Wildman–Crippen MR) is 237 cm³/mol. The summed E-state index contributed by atoms with van der Waals surface area (Å²) in [5.41, 5.74) is 11.4. The molecule has 1 saturated heterocycles. The molecule has 1 saturated carbocycles. The number of fused-ring (bicyclic) bond motifs is 9. The van der Waals surface area contributed by atoms with Gasteiger partial charge in [-0.15, -0.1) is 0 Å². The van der Waals surface area contributed by atoms with Gasteiger partial charge in [-0.2, -0.15) is 0 Å². The maximum absolute atomic E-state index is 13.0. The first kappa shape index (κ1) is 44.0. The summed E-state index contributed by atoms with van der Waals surface area (Å²) in [5, 5.41) is 32.2. The Kier molecular flexibility index (Phi) is 12.1. The van der Waals surface area contributed by atoms with Crippen LogP contribution in [0.1, 0.15) is 117 Å². The lowest BCUT2D eigenvalue weighted by atomic mass is 9.58. The lowest BCUT2D eigenvalue weighted by molar-refractivity contribution is -0.297. The fourth-order valence-electron chi connectivity index (χ4n) is 10.4. The highest BCUT2D eigenvalue weighted by molar-refractivity contribution is 6.01. The van der Waals surface area contributed by atoms with Crippen LogP contribution in [-0.4, -0.2) is 71.0 Å². The summed E-state index contributed by atoms with van der Waals surface area (Å²) in [6.07, 6.45) is 4.57. The number of aliphatic carboxylic acids is 2. The third kappa shape index (κ3) is 7.71. The van der Waals surface area contributed by atoms with Gasteiger partial charge in [-0.3, -0.25) is 19.2 Å². The molecular weight excluding hydrogens is 789 g/mol. The number of carboxylic acids is 2. The van der Waals surface area contributed by atoms with Gasteiger partial charge in [0.05, 0.1) is 28.7 Å². The topological polar surface area (TPSA) is 205 Å². The number of carbonyl (C=O) groups excluding carboxylic acids is 2. The summed E-state index contributed by atoms with van der Waals surface area (Å²) in [6, 6.07) is 5.83. The fourth-order valence-corrected chi connectivity index (χ4v) is 10.4. The van der Waals surface area contributed by atoms with Crippen molar-refractivity contribution in [3.05, 3.63) is 94.1 Å². The quantitative estimate of drug-likeness (QED) is 0.109. The number of nitrogens with zero attached hydrogens (tertiary/aromatic N) is 2. The minimum absolute atomic E-state index is 0.0267. The first-order valence-electron chi connectivity index (χ1n) is 21.4. The van der Waals surface area contributed by atoms with Crippen molar-refractivity contribution in [2.45, 2.75) is 112 Å². The molecule has 1 unspecified atom stereocenters. The van der Waals surface area contributed by atoms with E-state index in [2.05, 4.69) is 30.0 Å². The Morgan fingerprint density at radius 3 is 1.92 bits per heavy atom. The van der Waals surface area contributed by atoms with Crippen molar-refractivity contribution in [1.82, 2.24) is 19.9 Å². The number of esters is 2. The Morgan fingerprint density at radius 1 is 0.806 bits per heavy atom. The van der Waals surface area contributed by atoms with Crippen LogP contribution >= 0.6 is 0 Å². The smallest absolute Gasteiger partial charge is 0.312 e. The van der Waals surface area contributed by atoms with Crippen LogP contribution in [0, 0.1) is 37.5 Å². The second-order valence-corrected chi connectivity index (χ2v) is 17.3. The highest BCUT2D eigenvalue weighted by Gasteiger charge is 2.62. The molecule has 0 spiro atoms. The van der Waals surface area contributed by atoms with E-state index in [0.717, 1.165) is 67.6 Å². The molecular formula is C49H56N4O9. The number of carboxylic acid groups (broad SMARTS) is 2. The molecule has 3 aromatic rings. The van der Waals surface area contributed by atoms with E-state index in [9.17, 15) is 34.5 Å². The lowest BCUT2D eigenvalue weighted by Gasteiger charge is -2.55. The molecule has 326 valence electrons. The number of ether oxygens (including phenoxy) is 2. The zero-order chi connectivity index (χ0) is 44.9. The number of H-pyrrole nitrogens is 2. The van der Waals surface area contributed by atoms with Crippen molar-refractivity contribution in [2.24, 2.45) is 23.7 Å². The van der Waals surface area contributed by atoms with Crippen molar-refractivity contribution < 1.29 is 44.0 Å². The summed E-state index contributed by atoms with van der Waals surface area (Å²) >= 11 is 0. The van der Waals surface area contributed by atoms with Gasteiger partial charge < -0.3 is 34.8 Å². The van der Waals surface area contributed by atoms with Crippen LogP contribution in [0.3, 0.4) is 0 Å². The Labute approximate surface area is 360 Å². The van der Waals surface area contributed by atoms with Gasteiger partial charge in [-0.05, 0) is 130 Å². The summed E-state index contributed by atoms with van der Waals surface area (Å²) in [5.74, 6) is -4.58. The standard InChI is InChI=1S/C49H56N4O9/c1-10-30-27(7)45-34(13-17-35-23(3)12-16-36-28(8)47(59)62-48(49(35,36)60)61-29(9)54)46-31(11-2)24(4)39(52-46)20-37-25(5)32(14-18-43(55)56)41(50-37)22-42-33(15-19-44(57)58)26(6)38(51-42)21-40(30)53-45/h10-11,20-23,28,35-36,48,50-51,60H,1-2,12-19H2,3-9H3,(H,55,56)(H,57,58)/t23-,28-,35+,36?,48+,49-/m1/s1. The van der Waals surface area contributed by atoms with Crippen molar-refractivity contribution >= 4 is 68.2 Å². The minimum atomic E-state index is -1.65. The van der Waals surface area contributed by atoms with E-state index in [4.69, 9.17) is 19.4 Å². The number of allylic oxidation sites excluding steroid dienone is 6. The molecule has 13 heteroatoms. The third-order valence-electron chi connectivity index (χ3n) is 13.8. The van der Waals surface area contributed by atoms with Gasteiger partial charge in [-0.25, -0.2) is 9.97 Å². The van der Waals surface area contributed by atoms with E-state index in [0.29, 0.717) is 53.1 Å². The number of hydrogen-bond acceptors (Lipinski definition) is 9. The molecule has 2 fully saturated rings. The molecule has 5 N–H and O–H groups in total. The predicted octanol–water partition coefficient (Wildman–Crippen LogP) is 8.61. The molecule has 3 aromatic heterocycles. The van der Waals surface area contributed by atoms with Crippen molar-refractivity contribution in [3.8, 4) is 0 Å². The number of aromatic nitrogens is 4. The van der Waals surface area contributed by atoms with Crippen LogP contribution < -0.4 is 0 Å². The van der Waals surface area contributed by atoms with E-state index < -0.39 is 53.5 Å². The number of carbonyl (C=O) groups is 4. The number of aliphatic hydroxyl groups is 1. The normalized spacial score (nSPS) is 23.5. The van der Waals surface area contributed by atoms with Gasteiger partial charge in [0.2, 0.25) is 0 Å². The maximum Gasteiger partial charge on any atom is 0.312 e. The lowest BCUT2D eigenvalue weighted by Crippen LogP contribution is -2.66. The largest absolute Gasteiger partial charge is 0.481 e. The van der Waals surface area contributed by atoms with Gasteiger partial charge in [0.15, 0.2) is 0 Å². The van der Waals surface area contributed by atoms with Crippen molar-refractivity contribution in [3.63, 3.8) is 0 Å². The highest BCUT2D eigenvalue weighted by atomic mass is 16.7. The number of nitrogens with one attached hydrogen (secondary N) is 2. The highest BCUT2D eigenvalue weighted by Crippen LogP contribution is 2.53. The van der Waals surface area contributed by atoms with Crippen molar-refractivity contribution in [1.29, 1.82) is 0 Å². The van der Waals surface area contributed by atoms with Gasteiger partial charge in [-0.1, -0.05) is 39.2 Å². The number of aromatic amines is 2. The molecule has 6 heterocycles. The van der Waals surface area contributed by atoms with Gasteiger partial charge in [0.25, 0.3) is 6.29 Å². The molecule has 4 aliphatic rings. The number of hydrogen-bond donors (Lipinski definition) is 5. The fraction of sp³-hybridized carbons (Fsp3) is 0.429. The second kappa shape index (κ2) is 17.0. The molecule has 6 atom stereocenters. The van der Waals surface area contributed by atoms with Crippen LogP contribution in [-0.2, 0) is 47.9 Å². The minimum Gasteiger partial charge on any atom is -0.481 e. The zero-order valence-electron chi connectivity index (χ0n) is 36.5. The first-order chi connectivity index (χ1) is 29.4. The summed E-state index contributed by atoms with van der Waals surface area (Å²) in [4.78, 5) is 66.8. The molecule has 62 heavy (non-hydrogen) atoms. The second-order valence-electron chi connectivity index (χ2n) is 17.3. The maximum atomic E-state index is 13.0. The Hall–Kier alpha value is -6.08. The summed E-state index contributed by atoms with van der Waals surface area (Å²) in [7, 11) is 0. The molecule has 1 aliphatic carbocycles. The molecule has 8 bridgehead atoms. The molecule has 0 aromatic carbocycles. The van der Waals surface area contributed by atoms with Crippen LogP contribution in [0.2, 0.25) is 0 Å². The average Bonchev–Trinajstić information content (AvgIpc) is 3.88. The van der Waals surface area contributed by atoms with E-state index in [-0.39, 0.29) is 31.6 Å². The van der Waals surface area contributed by atoms with Crippen LogP contribution in [0.5, 0.6) is 0 Å². The van der Waals surface area contributed by atoms with Gasteiger partial charge >= 0.3 is 23.9 Å². The van der Waals surface area contributed by atoms with Crippen LogP contribution in [0.15, 0.2) is 43.5 Å². The van der Waals surface area contributed by atoms with E-state index in [1.165, 1.54) is 6.92 Å². The first-order valence-corrected chi connectivity index (χ1v) is 21.4. The number of rotatable bonds is 12. The molecule has 0 radical (unpaired) electrons.